The number of carbonyl (C=O) groups excluding carboxylic acids is 3. The van der Waals surface area contributed by atoms with Crippen LogP contribution in [0.5, 0.6) is 5.75 Å². The van der Waals surface area contributed by atoms with Crippen molar-refractivity contribution in [2.75, 3.05) is 6.54 Å². The van der Waals surface area contributed by atoms with Crippen LogP contribution in [0.1, 0.15) is 31.9 Å². The van der Waals surface area contributed by atoms with Crippen LogP contribution in [-0.2, 0) is 20.9 Å². The molecule has 0 aromatic heterocycles. The number of amides is 2. The van der Waals surface area contributed by atoms with Gasteiger partial charge in [0, 0.05) is 0 Å². The van der Waals surface area contributed by atoms with Crippen molar-refractivity contribution in [1.29, 1.82) is 0 Å². The molecular weight excluding hydrogens is 675 g/mol. The third-order valence-electron chi connectivity index (χ3n) is 4.17. The first kappa shape index (κ1) is 25.9. The van der Waals surface area contributed by atoms with Gasteiger partial charge in [-0.3, -0.25) is 19.3 Å². The molecule has 1 heterocycles. The highest BCUT2D eigenvalue weighted by Crippen LogP contribution is 2.35. The van der Waals surface area contributed by atoms with Gasteiger partial charge in [0.15, 0.2) is 0 Å². The normalized spacial score (nSPS) is 15.3. The number of carbonyl (C=O) groups is 3. The average molecular weight is 695 g/mol. The molecule has 2 aromatic carbocycles. The van der Waals surface area contributed by atoms with Crippen molar-refractivity contribution in [2.24, 2.45) is 0 Å². The zero-order chi connectivity index (χ0) is 24.3. The molecule has 0 N–H and O–H groups in total. The minimum atomic E-state index is -0.708. The second-order valence-corrected chi connectivity index (χ2v) is 11.4. The van der Waals surface area contributed by atoms with Crippen LogP contribution in [0.15, 0.2) is 41.3 Å². The average Bonchev–Trinajstić information content (AvgIpc) is 2.93. The first-order valence-electron chi connectivity index (χ1n) is 9.76. The maximum atomic E-state index is 13.4. The van der Waals surface area contributed by atoms with E-state index in [0.717, 1.165) is 23.8 Å². The van der Waals surface area contributed by atoms with Crippen LogP contribution in [0.3, 0.4) is 0 Å². The fraction of sp³-hybridized carbons (Fsp3) is 0.261. The number of imide groups is 1. The number of rotatable bonds is 6. The van der Waals surface area contributed by atoms with Crippen LogP contribution in [0, 0.1) is 13.0 Å². The van der Waals surface area contributed by atoms with E-state index >= 15 is 0 Å². The Morgan fingerprint density at radius 2 is 1.82 bits per heavy atom. The molecule has 0 atom stereocenters. The largest absolute Gasteiger partial charge is 0.487 e. The quantitative estimate of drug-likeness (QED) is 0.210. The highest BCUT2D eigenvalue weighted by molar-refractivity contribution is 14.1. The van der Waals surface area contributed by atoms with E-state index in [-0.39, 0.29) is 17.3 Å². The topological polar surface area (TPSA) is 72.9 Å². The maximum absolute atomic E-state index is 13.4. The van der Waals surface area contributed by atoms with Crippen molar-refractivity contribution in [3.05, 3.63) is 65.4 Å². The fourth-order valence-electron chi connectivity index (χ4n) is 2.87. The minimum Gasteiger partial charge on any atom is -0.487 e. The highest BCUT2D eigenvalue weighted by atomic mass is 127. The number of hydrogen-bond acceptors (Lipinski definition) is 6. The molecular formula is C23H20FI2NO5S. The van der Waals surface area contributed by atoms with Gasteiger partial charge in [-0.05, 0) is 119 Å². The van der Waals surface area contributed by atoms with Crippen molar-refractivity contribution >= 4 is 80.1 Å². The maximum Gasteiger partial charge on any atom is 0.326 e. The smallest absolute Gasteiger partial charge is 0.326 e. The van der Waals surface area contributed by atoms with Gasteiger partial charge < -0.3 is 9.47 Å². The summed E-state index contributed by atoms with van der Waals surface area (Å²) in [6.45, 7) is 4.93. The van der Waals surface area contributed by atoms with Gasteiger partial charge >= 0.3 is 5.97 Å². The summed E-state index contributed by atoms with van der Waals surface area (Å²) in [5.74, 6) is -0.852. The number of thioether (sulfide) groups is 1. The Balaban J connectivity index is 1.73. The highest BCUT2D eigenvalue weighted by Gasteiger charge is 2.37. The third kappa shape index (κ3) is 7.15. The minimum absolute atomic E-state index is 0.215. The third-order valence-corrected chi connectivity index (χ3v) is 6.68. The molecule has 1 fully saturated rings. The van der Waals surface area contributed by atoms with E-state index in [1.54, 1.807) is 39.0 Å². The SMILES string of the molecule is CC(C)(C)OC(=O)CN1C(=O)SC(=Cc2cc(I)c(OCc3cccc(F)c3)c(I)c2)C1=O. The van der Waals surface area contributed by atoms with Crippen molar-refractivity contribution in [1.82, 2.24) is 4.90 Å². The van der Waals surface area contributed by atoms with E-state index in [9.17, 15) is 18.8 Å². The van der Waals surface area contributed by atoms with Gasteiger partial charge in [-0.15, -0.1) is 0 Å². The number of benzene rings is 2. The molecule has 10 heteroatoms. The molecule has 0 unspecified atom stereocenters. The lowest BCUT2D eigenvalue weighted by molar-refractivity contribution is -0.156. The monoisotopic (exact) mass is 695 g/mol. The summed E-state index contributed by atoms with van der Waals surface area (Å²) < 4.78 is 26.1. The molecule has 1 aliphatic rings. The van der Waals surface area contributed by atoms with E-state index in [1.165, 1.54) is 12.1 Å². The van der Waals surface area contributed by atoms with Crippen molar-refractivity contribution in [3.63, 3.8) is 0 Å². The fourth-order valence-corrected chi connectivity index (χ4v) is 5.84. The summed E-state index contributed by atoms with van der Waals surface area (Å²) in [5, 5.41) is -0.517. The Kier molecular flexibility index (Phi) is 8.43. The van der Waals surface area contributed by atoms with E-state index in [1.807, 2.05) is 12.1 Å². The molecule has 33 heavy (non-hydrogen) atoms. The zero-order valence-corrected chi connectivity index (χ0v) is 23.1. The van der Waals surface area contributed by atoms with E-state index in [0.29, 0.717) is 16.9 Å². The van der Waals surface area contributed by atoms with E-state index in [2.05, 4.69) is 45.2 Å². The molecule has 0 spiro atoms. The molecule has 2 aromatic rings. The van der Waals surface area contributed by atoms with E-state index < -0.39 is 29.3 Å². The second-order valence-electron chi connectivity index (χ2n) is 8.09. The van der Waals surface area contributed by atoms with Gasteiger partial charge in [0.05, 0.1) is 12.0 Å². The number of ether oxygens (including phenoxy) is 2. The molecule has 6 nitrogen and oxygen atoms in total. The van der Waals surface area contributed by atoms with Gasteiger partial charge in [-0.2, -0.15) is 0 Å². The number of esters is 1. The van der Waals surface area contributed by atoms with Crippen LogP contribution in [-0.4, -0.2) is 34.2 Å². The molecule has 0 aliphatic carbocycles. The number of halogens is 3. The predicted molar refractivity (Wildman–Crippen MR) is 141 cm³/mol. The van der Waals surface area contributed by atoms with Gasteiger partial charge in [0.1, 0.15) is 30.3 Å². The Bertz CT molecular complexity index is 1120. The lowest BCUT2D eigenvalue weighted by atomic mass is 10.2. The summed E-state index contributed by atoms with van der Waals surface area (Å²) in [6.07, 6.45) is 1.61. The first-order valence-corrected chi connectivity index (χ1v) is 12.7. The van der Waals surface area contributed by atoms with Gasteiger partial charge in [-0.25, -0.2) is 4.39 Å². The van der Waals surface area contributed by atoms with Gasteiger partial charge in [0.2, 0.25) is 0 Å². The summed E-state index contributed by atoms with van der Waals surface area (Å²) >= 11 is 5.03. The van der Waals surface area contributed by atoms with Crippen molar-refractivity contribution in [3.8, 4) is 5.75 Å². The molecule has 3 rings (SSSR count). The molecule has 0 bridgehead atoms. The zero-order valence-electron chi connectivity index (χ0n) is 18.0. The number of nitrogens with zero attached hydrogens (tertiary/aromatic N) is 1. The van der Waals surface area contributed by atoms with Crippen LogP contribution in [0.4, 0.5) is 9.18 Å². The molecule has 1 saturated heterocycles. The summed E-state index contributed by atoms with van der Waals surface area (Å²) in [4.78, 5) is 38.1. The van der Waals surface area contributed by atoms with Crippen LogP contribution in [0.2, 0.25) is 0 Å². The Hall–Kier alpha value is -1.67. The molecule has 1 aliphatic heterocycles. The lowest BCUT2D eigenvalue weighted by Gasteiger charge is -2.21. The van der Waals surface area contributed by atoms with Crippen LogP contribution in [0.25, 0.3) is 6.08 Å². The summed E-state index contributed by atoms with van der Waals surface area (Å²) in [5.41, 5.74) is 0.717. The van der Waals surface area contributed by atoms with Crippen molar-refractivity contribution in [2.45, 2.75) is 33.0 Å². The number of hydrogen-bond donors (Lipinski definition) is 0. The Morgan fingerprint density at radius 1 is 1.15 bits per heavy atom. The lowest BCUT2D eigenvalue weighted by Crippen LogP contribution is -2.37. The Morgan fingerprint density at radius 3 is 2.42 bits per heavy atom. The second kappa shape index (κ2) is 10.7. The standard InChI is InChI=1S/C23H20FI2NO5S/c1-23(2,3)32-19(28)11-27-21(29)18(33-22(27)30)10-14-8-16(25)20(17(26)9-14)31-12-13-5-4-6-15(24)7-13/h4-10H,11-12H2,1-3H3. The Labute approximate surface area is 222 Å². The van der Waals surface area contributed by atoms with Gasteiger partial charge in [-0.1, -0.05) is 12.1 Å². The molecule has 0 saturated carbocycles. The molecule has 0 radical (unpaired) electrons. The van der Waals surface area contributed by atoms with Crippen LogP contribution >= 0.6 is 56.9 Å². The summed E-state index contributed by atoms with van der Waals surface area (Å²) in [7, 11) is 0. The predicted octanol–water partition coefficient (Wildman–Crippen LogP) is 5.99. The molecule has 174 valence electrons. The first-order chi connectivity index (χ1) is 15.4. The summed E-state index contributed by atoms with van der Waals surface area (Å²) in [6, 6.07) is 9.85. The van der Waals surface area contributed by atoms with Crippen molar-refractivity contribution < 1.29 is 28.2 Å². The molecule has 2 amide bonds. The van der Waals surface area contributed by atoms with Gasteiger partial charge in [0.25, 0.3) is 11.1 Å². The van der Waals surface area contributed by atoms with E-state index in [4.69, 9.17) is 9.47 Å². The van der Waals surface area contributed by atoms with Crippen LogP contribution < -0.4 is 4.74 Å².